The first-order valence-corrected chi connectivity index (χ1v) is 4.90. The summed E-state index contributed by atoms with van der Waals surface area (Å²) in [6.45, 7) is 0.595. The van der Waals surface area contributed by atoms with Crippen LogP contribution in [0.1, 0.15) is 5.56 Å². The van der Waals surface area contributed by atoms with Crippen LogP contribution in [0.3, 0.4) is 0 Å². The molecule has 0 bridgehead atoms. The van der Waals surface area contributed by atoms with Gasteiger partial charge in [-0.15, -0.1) is 0 Å². The summed E-state index contributed by atoms with van der Waals surface area (Å²) in [5.74, 6) is 0. The third kappa shape index (κ3) is 1.78. The molecule has 0 aliphatic carbocycles. The minimum atomic E-state index is 0.595. The van der Waals surface area contributed by atoms with Gasteiger partial charge >= 0.3 is 0 Å². The molecule has 0 aliphatic rings. The van der Waals surface area contributed by atoms with Gasteiger partial charge in [0.1, 0.15) is 0 Å². The van der Waals surface area contributed by atoms with Crippen LogP contribution in [0.25, 0.3) is 10.9 Å². The topological polar surface area (TPSA) is 34.2 Å². The van der Waals surface area contributed by atoms with Crippen LogP contribution in [0.5, 0.6) is 0 Å². The smallest absolute Gasteiger partial charge is 0.0777 e. The van der Waals surface area contributed by atoms with Crippen molar-refractivity contribution in [3.8, 4) is 0 Å². The number of fused-ring (bicyclic) bond motifs is 1. The van der Waals surface area contributed by atoms with Gasteiger partial charge in [-0.25, -0.2) is 0 Å². The average Bonchev–Trinajstić information content (AvgIpc) is 2.29. The van der Waals surface area contributed by atoms with E-state index < -0.39 is 0 Å². The van der Waals surface area contributed by atoms with Crippen LogP contribution in [0, 0.1) is 0 Å². The van der Waals surface area contributed by atoms with Crippen molar-refractivity contribution in [1.29, 1.82) is 0 Å². The Morgan fingerprint density at radius 3 is 2.93 bits per heavy atom. The van der Waals surface area contributed by atoms with Gasteiger partial charge in [-0.05, 0) is 6.07 Å². The average molecular weight is 202 g/mol. The summed E-state index contributed by atoms with van der Waals surface area (Å²) in [5.41, 5.74) is 3.22. The summed E-state index contributed by atoms with van der Waals surface area (Å²) in [4.78, 5) is 4.39. The monoisotopic (exact) mass is 202 g/mol. The van der Waals surface area contributed by atoms with Gasteiger partial charge in [0.2, 0.25) is 0 Å². The number of aromatic nitrogens is 1. The molecule has 0 saturated heterocycles. The quantitative estimate of drug-likeness (QED) is 0.830. The number of benzene rings is 1. The predicted molar refractivity (Wildman–Crippen MR) is 62.0 cm³/mol. The number of hydrogen-bond acceptors (Lipinski definition) is 3. The summed E-state index contributed by atoms with van der Waals surface area (Å²) in [7, 11) is 3.61. The molecule has 0 fully saturated rings. The van der Waals surface area contributed by atoms with Crippen LogP contribution in [-0.2, 0) is 11.3 Å². The zero-order chi connectivity index (χ0) is 10.7. The van der Waals surface area contributed by atoms with Crippen molar-refractivity contribution >= 4 is 16.6 Å². The van der Waals surface area contributed by atoms with Crippen LogP contribution in [0.4, 0.5) is 5.69 Å². The zero-order valence-corrected chi connectivity index (χ0v) is 8.95. The number of hydrogen-bond donors (Lipinski definition) is 1. The largest absolute Gasteiger partial charge is 0.388 e. The third-order valence-electron chi connectivity index (χ3n) is 2.42. The highest BCUT2D eigenvalue weighted by atomic mass is 16.5. The van der Waals surface area contributed by atoms with Crippen LogP contribution in [-0.4, -0.2) is 19.1 Å². The lowest BCUT2D eigenvalue weighted by atomic mass is 10.1. The Hall–Kier alpha value is -1.61. The van der Waals surface area contributed by atoms with Crippen molar-refractivity contribution in [3.05, 3.63) is 36.0 Å². The van der Waals surface area contributed by atoms with Crippen molar-refractivity contribution < 1.29 is 4.74 Å². The fourth-order valence-corrected chi connectivity index (χ4v) is 1.73. The van der Waals surface area contributed by atoms with Gasteiger partial charge in [0.05, 0.1) is 12.1 Å². The van der Waals surface area contributed by atoms with Crippen LogP contribution in [0.2, 0.25) is 0 Å². The van der Waals surface area contributed by atoms with Gasteiger partial charge in [0.25, 0.3) is 0 Å². The molecule has 1 heterocycles. The van der Waals surface area contributed by atoms with E-state index in [0.29, 0.717) is 6.61 Å². The van der Waals surface area contributed by atoms with Crippen molar-refractivity contribution in [3.63, 3.8) is 0 Å². The molecule has 1 aromatic heterocycles. The second-order valence-corrected chi connectivity index (χ2v) is 3.35. The van der Waals surface area contributed by atoms with Gasteiger partial charge in [0, 0.05) is 37.0 Å². The maximum atomic E-state index is 5.15. The van der Waals surface area contributed by atoms with Crippen LogP contribution in [0.15, 0.2) is 30.5 Å². The van der Waals surface area contributed by atoms with Crippen molar-refractivity contribution in [2.45, 2.75) is 6.61 Å². The fraction of sp³-hybridized carbons (Fsp3) is 0.250. The summed E-state index contributed by atoms with van der Waals surface area (Å²) < 4.78 is 5.15. The molecule has 1 N–H and O–H groups in total. The molecule has 0 unspecified atom stereocenters. The Labute approximate surface area is 89.1 Å². The Kier molecular flexibility index (Phi) is 2.83. The SMILES string of the molecule is CNc1ccnc2c(COC)cccc12. The standard InChI is InChI=1S/C12H14N2O/c1-13-11-6-7-14-12-9(8-15-2)4-3-5-10(11)12/h3-7H,8H2,1-2H3,(H,13,14). The molecule has 2 aromatic rings. The molecule has 0 atom stereocenters. The zero-order valence-electron chi connectivity index (χ0n) is 8.95. The second kappa shape index (κ2) is 4.28. The molecule has 0 saturated carbocycles. The predicted octanol–water partition coefficient (Wildman–Crippen LogP) is 2.42. The maximum Gasteiger partial charge on any atom is 0.0777 e. The Morgan fingerprint density at radius 1 is 1.33 bits per heavy atom. The van der Waals surface area contributed by atoms with Gasteiger partial charge in [0.15, 0.2) is 0 Å². The van der Waals surface area contributed by atoms with E-state index in [0.717, 1.165) is 22.2 Å². The fourth-order valence-electron chi connectivity index (χ4n) is 1.73. The Bertz CT molecular complexity index is 468. The lowest BCUT2D eigenvalue weighted by molar-refractivity contribution is 0.186. The van der Waals surface area contributed by atoms with Crippen molar-refractivity contribution in [2.24, 2.45) is 0 Å². The van der Waals surface area contributed by atoms with Crippen molar-refractivity contribution in [2.75, 3.05) is 19.5 Å². The number of para-hydroxylation sites is 1. The molecule has 15 heavy (non-hydrogen) atoms. The molecule has 0 spiro atoms. The molecule has 3 nitrogen and oxygen atoms in total. The van der Waals surface area contributed by atoms with E-state index in [4.69, 9.17) is 4.74 Å². The highest BCUT2D eigenvalue weighted by Crippen LogP contribution is 2.23. The van der Waals surface area contributed by atoms with E-state index >= 15 is 0 Å². The molecular weight excluding hydrogens is 188 g/mol. The van der Waals surface area contributed by atoms with E-state index in [1.165, 1.54) is 0 Å². The molecule has 2 rings (SSSR count). The molecule has 1 aromatic carbocycles. The third-order valence-corrected chi connectivity index (χ3v) is 2.42. The van der Waals surface area contributed by atoms with Gasteiger partial charge in [-0.3, -0.25) is 4.98 Å². The number of nitrogens with zero attached hydrogens (tertiary/aromatic N) is 1. The summed E-state index contributed by atoms with van der Waals surface area (Å²) in [6.07, 6.45) is 1.81. The highest BCUT2D eigenvalue weighted by molar-refractivity contribution is 5.92. The van der Waals surface area contributed by atoms with Crippen LogP contribution >= 0.6 is 0 Å². The van der Waals surface area contributed by atoms with E-state index in [1.807, 2.05) is 31.4 Å². The molecular formula is C12H14N2O. The first-order chi connectivity index (χ1) is 7.36. The molecule has 0 aliphatic heterocycles. The normalized spacial score (nSPS) is 10.5. The molecule has 0 amide bonds. The minimum Gasteiger partial charge on any atom is -0.388 e. The van der Waals surface area contributed by atoms with Gasteiger partial charge < -0.3 is 10.1 Å². The first kappa shape index (κ1) is 9.93. The van der Waals surface area contributed by atoms with Crippen molar-refractivity contribution in [1.82, 2.24) is 4.98 Å². The molecule has 0 radical (unpaired) electrons. The van der Waals surface area contributed by atoms with Gasteiger partial charge in [-0.2, -0.15) is 0 Å². The van der Waals surface area contributed by atoms with Crippen LogP contribution < -0.4 is 5.32 Å². The number of pyridine rings is 1. The number of nitrogens with one attached hydrogen (secondary N) is 1. The first-order valence-electron chi connectivity index (χ1n) is 4.90. The lowest BCUT2D eigenvalue weighted by Gasteiger charge is -2.08. The van der Waals surface area contributed by atoms with Gasteiger partial charge in [-0.1, -0.05) is 18.2 Å². The Morgan fingerprint density at radius 2 is 2.20 bits per heavy atom. The summed E-state index contributed by atoms with van der Waals surface area (Å²) >= 11 is 0. The Balaban J connectivity index is 2.65. The van der Waals surface area contributed by atoms with E-state index in [1.54, 1.807) is 7.11 Å². The van der Waals surface area contributed by atoms with E-state index in [2.05, 4.69) is 16.4 Å². The lowest BCUT2D eigenvalue weighted by Crippen LogP contribution is -1.95. The summed E-state index contributed by atoms with van der Waals surface area (Å²) in [5, 5.41) is 4.29. The summed E-state index contributed by atoms with van der Waals surface area (Å²) in [6, 6.07) is 8.10. The van der Waals surface area contributed by atoms with E-state index in [-0.39, 0.29) is 0 Å². The van der Waals surface area contributed by atoms with E-state index in [9.17, 15) is 0 Å². The number of ether oxygens (including phenoxy) is 1. The molecule has 3 heteroatoms. The second-order valence-electron chi connectivity index (χ2n) is 3.35. The number of anilines is 1. The maximum absolute atomic E-state index is 5.15. The minimum absolute atomic E-state index is 0.595. The number of rotatable bonds is 3. The highest BCUT2D eigenvalue weighted by Gasteiger charge is 2.04. The molecule has 78 valence electrons. The number of methoxy groups -OCH3 is 1.